The number of ketones is 1. The number of hydrogen-bond acceptors (Lipinski definition) is 3. The fourth-order valence-corrected chi connectivity index (χ4v) is 2.94. The second-order valence-electron chi connectivity index (χ2n) is 5.32. The summed E-state index contributed by atoms with van der Waals surface area (Å²) < 4.78 is 11.1. The molecule has 2 heterocycles. The number of carbonyl (C=O) groups excluding carboxylic acids is 1. The second kappa shape index (κ2) is 5.37. The lowest BCUT2D eigenvalue weighted by Gasteiger charge is -2.05. The van der Waals surface area contributed by atoms with Crippen LogP contribution in [0, 0.1) is 0 Å². The first-order chi connectivity index (χ1) is 8.83. The van der Waals surface area contributed by atoms with E-state index in [1.807, 2.05) is 12.2 Å². The van der Waals surface area contributed by atoms with Crippen LogP contribution in [-0.4, -0.2) is 31.2 Å². The van der Waals surface area contributed by atoms with Gasteiger partial charge in [0.15, 0.2) is 5.78 Å². The van der Waals surface area contributed by atoms with Gasteiger partial charge in [-0.25, -0.2) is 0 Å². The van der Waals surface area contributed by atoms with Gasteiger partial charge in [0.1, 0.15) is 0 Å². The van der Waals surface area contributed by atoms with Gasteiger partial charge in [0.25, 0.3) is 0 Å². The fourth-order valence-electron chi connectivity index (χ4n) is 2.94. The van der Waals surface area contributed by atoms with Crippen molar-refractivity contribution in [3.8, 4) is 0 Å². The van der Waals surface area contributed by atoms with Gasteiger partial charge in [-0.15, -0.1) is 0 Å². The Morgan fingerprint density at radius 1 is 0.889 bits per heavy atom. The van der Waals surface area contributed by atoms with Crippen LogP contribution in [0.25, 0.3) is 0 Å². The van der Waals surface area contributed by atoms with Gasteiger partial charge in [-0.2, -0.15) is 0 Å². The first kappa shape index (κ1) is 12.1. The Balaban J connectivity index is 1.67. The van der Waals surface area contributed by atoms with Crippen molar-refractivity contribution in [2.45, 2.75) is 50.7 Å². The fraction of sp³-hybridized carbons (Fsp3) is 0.667. The molecule has 1 saturated carbocycles. The van der Waals surface area contributed by atoms with Gasteiger partial charge in [0.05, 0.1) is 12.2 Å². The lowest BCUT2D eigenvalue weighted by Crippen LogP contribution is -2.07. The smallest absolute Gasteiger partial charge is 0.184 e. The molecular formula is C15H20O3. The minimum atomic E-state index is 0.172. The predicted octanol–water partition coefficient (Wildman–Crippen LogP) is 2.56. The number of ether oxygens (including phenoxy) is 2. The van der Waals surface area contributed by atoms with Crippen molar-refractivity contribution in [1.29, 1.82) is 0 Å². The zero-order chi connectivity index (χ0) is 12.4. The third kappa shape index (κ3) is 2.57. The topological polar surface area (TPSA) is 35.5 Å². The Bertz CT molecular complexity index is 347. The van der Waals surface area contributed by atoms with Crippen LogP contribution in [0.4, 0.5) is 0 Å². The quantitative estimate of drug-likeness (QED) is 0.704. The SMILES string of the molecule is O=C1/C(=C/[C@H]2CCCO2)CC/C1=C\[C@H]1CCCO1. The van der Waals surface area contributed by atoms with Crippen LogP contribution in [0.5, 0.6) is 0 Å². The summed E-state index contributed by atoms with van der Waals surface area (Å²) in [6, 6.07) is 0. The van der Waals surface area contributed by atoms with E-state index in [0.29, 0.717) is 0 Å². The van der Waals surface area contributed by atoms with E-state index < -0.39 is 0 Å². The summed E-state index contributed by atoms with van der Waals surface area (Å²) in [6.45, 7) is 1.67. The highest BCUT2D eigenvalue weighted by atomic mass is 16.5. The molecule has 18 heavy (non-hydrogen) atoms. The zero-order valence-electron chi connectivity index (χ0n) is 10.7. The van der Waals surface area contributed by atoms with Crippen LogP contribution in [0.2, 0.25) is 0 Å². The molecule has 3 fully saturated rings. The summed E-state index contributed by atoms with van der Waals surface area (Å²) in [5.41, 5.74) is 1.90. The van der Waals surface area contributed by atoms with Crippen molar-refractivity contribution >= 4 is 5.78 Å². The summed E-state index contributed by atoms with van der Waals surface area (Å²) in [6.07, 6.45) is 10.5. The minimum Gasteiger partial charge on any atom is -0.374 e. The Morgan fingerprint density at radius 3 is 1.78 bits per heavy atom. The molecule has 0 bridgehead atoms. The zero-order valence-corrected chi connectivity index (χ0v) is 10.7. The number of rotatable bonds is 2. The highest BCUT2D eigenvalue weighted by molar-refractivity contribution is 6.10. The molecule has 0 unspecified atom stereocenters. The first-order valence-electron chi connectivity index (χ1n) is 7.02. The highest BCUT2D eigenvalue weighted by Crippen LogP contribution is 2.29. The maximum atomic E-state index is 12.2. The maximum Gasteiger partial charge on any atom is 0.184 e. The molecule has 1 aliphatic carbocycles. The van der Waals surface area contributed by atoms with E-state index in [4.69, 9.17) is 9.47 Å². The van der Waals surface area contributed by atoms with Crippen LogP contribution in [0.3, 0.4) is 0 Å². The molecule has 0 aromatic carbocycles. The van der Waals surface area contributed by atoms with Gasteiger partial charge in [-0.1, -0.05) is 0 Å². The Kier molecular flexibility index (Phi) is 3.62. The van der Waals surface area contributed by atoms with Crippen LogP contribution < -0.4 is 0 Å². The summed E-state index contributed by atoms with van der Waals surface area (Å²) in [5, 5.41) is 0. The average molecular weight is 248 g/mol. The van der Waals surface area contributed by atoms with Crippen molar-refractivity contribution < 1.29 is 14.3 Å². The molecule has 2 atom stereocenters. The standard InChI is InChI=1S/C15H20O3/c16-15-11(9-13-3-1-7-17-13)5-6-12(15)10-14-4-2-8-18-14/h9-10,13-14H,1-8H2/b11-9+,12-10+/t13-,14-/m1/s1. The number of Topliss-reactive ketones (excluding diaryl/α,β-unsaturated/α-hetero) is 1. The molecule has 0 amide bonds. The maximum absolute atomic E-state index is 12.2. The van der Waals surface area contributed by atoms with Gasteiger partial charge < -0.3 is 9.47 Å². The number of hydrogen-bond donors (Lipinski definition) is 0. The largest absolute Gasteiger partial charge is 0.374 e. The van der Waals surface area contributed by atoms with Crippen molar-refractivity contribution in [1.82, 2.24) is 0 Å². The van der Waals surface area contributed by atoms with E-state index in [2.05, 4.69) is 0 Å². The highest BCUT2D eigenvalue weighted by Gasteiger charge is 2.26. The van der Waals surface area contributed by atoms with Crippen LogP contribution in [0.15, 0.2) is 23.3 Å². The van der Waals surface area contributed by atoms with Crippen molar-refractivity contribution in [3.63, 3.8) is 0 Å². The second-order valence-corrected chi connectivity index (χ2v) is 5.32. The summed E-state index contributed by atoms with van der Waals surface area (Å²) >= 11 is 0. The molecule has 3 heteroatoms. The Morgan fingerprint density at radius 2 is 1.39 bits per heavy atom. The number of carbonyl (C=O) groups is 1. The average Bonchev–Trinajstić information content (AvgIpc) is 3.08. The van der Waals surface area contributed by atoms with Gasteiger partial charge in [-0.05, 0) is 61.8 Å². The molecule has 2 saturated heterocycles. The summed E-state index contributed by atoms with van der Waals surface area (Å²) in [5.74, 6) is 0.223. The van der Waals surface area contributed by atoms with Gasteiger partial charge in [-0.3, -0.25) is 4.79 Å². The molecule has 0 N–H and O–H groups in total. The molecule has 98 valence electrons. The molecular weight excluding hydrogens is 228 g/mol. The van der Waals surface area contributed by atoms with Gasteiger partial charge in [0, 0.05) is 13.2 Å². The molecule has 3 nitrogen and oxygen atoms in total. The minimum absolute atomic E-state index is 0.172. The monoisotopic (exact) mass is 248 g/mol. The molecule has 3 aliphatic rings. The Hall–Kier alpha value is -0.930. The van der Waals surface area contributed by atoms with Crippen molar-refractivity contribution in [2.75, 3.05) is 13.2 Å². The van der Waals surface area contributed by atoms with E-state index in [-0.39, 0.29) is 18.0 Å². The van der Waals surface area contributed by atoms with Gasteiger partial charge in [0.2, 0.25) is 0 Å². The van der Waals surface area contributed by atoms with Crippen LogP contribution >= 0.6 is 0 Å². The van der Waals surface area contributed by atoms with Crippen molar-refractivity contribution in [2.24, 2.45) is 0 Å². The normalized spacial score (nSPS) is 37.2. The van der Waals surface area contributed by atoms with Crippen LogP contribution in [0.1, 0.15) is 38.5 Å². The third-order valence-electron chi connectivity index (χ3n) is 3.95. The first-order valence-corrected chi connectivity index (χ1v) is 7.02. The third-order valence-corrected chi connectivity index (χ3v) is 3.95. The molecule has 0 radical (unpaired) electrons. The lowest BCUT2D eigenvalue weighted by atomic mass is 10.1. The lowest BCUT2D eigenvalue weighted by molar-refractivity contribution is -0.111. The summed E-state index contributed by atoms with van der Waals surface area (Å²) in [4.78, 5) is 12.2. The predicted molar refractivity (Wildman–Crippen MR) is 68.4 cm³/mol. The Labute approximate surface area is 108 Å². The van der Waals surface area contributed by atoms with E-state index >= 15 is 0 Å². The number of allylic oxidation sites excluding steroid dienone is 2. The van der Waals surface area contributed by atoms with Crippen molar-refractivity contribution in [3.05, 3.63) is 23.3 Å². The van der Waals surface area contributed by atoms with Crippen LogP contribution in [-0.2, 0) is 14.3 Å². The molecule has 3 rings (SSSR count). The van der Waals surface area contributed by atoms with Gasteiger partial charge >= 0.3 is 0 Å². The molecule has 0 aromatic rings. The molecule has 2 aliphatic heterocycles. The molecule has 0 aromatic heterocycles. The summed E-state index contributed by atoms with van der Waals surface area (Å²) in [7, 11) is 0. The van der Waals surface area contributed by atoms with E-state index in [1.165, 1.54) is 0 Å². The van der Waals surface area contributed by atoms with E-state index in [0.717, 1.165) is 62.9 Å². The van der Waals surface area contributed by atoms with E-state index in [1.54, 1.807) is 0 Å². The van der Waals surface area contributed by atoms with E-state index in [9.17, 15) is 4.79 Å². The molecule has 0 spiro atoms.